The van der Waals surface area contributed by atoms with E-state index in [0.29, 0.717) is 32.1 Å². The molecule has 0 N–H and O–H groups in total. The lowest BCUT2D eigenvalue weighted by Gasteiger charge is -2.40. The van der Waals surface area contributed by atoms with Crippen LogP contribution in [0.5, 0.6) is 0 Å². The summed E-state index contributed by atoms with van der Waals surface area (Å²) in [4.78, 5) is 29.1. The van der Waals surface area contributed by atoms with E-state index in [0.717, 1.165) is 18.4 Å². The van der Waals surface area contributed by atoms with Crippen molar-refractivity contribution < 1.29 is 9.59 Å². The fourth-order valence-electron chi connectivity index (χ4n) is 3.42. The van der Waals surface area contributed by atoms with Gasteiger partial charge in [-0.1, -0.05) is 36.8 Å². The van der Waals surface area contributed by atoms with E-state index >= 15 is 0 Å². The summed E-state index contributed by atoms with van der Waals surface area (Å²) in [6.45, 7) is 6.60. The quantitative estimate of drug-likeness (QED) is 0.860. The first kappa shape index (κ1) is 16.0. The summed E-state index contributed by atoms with van der Waals surface area (Å²) in [6.07, 6.45) is 3.26. The molecular weight excluding hydrogens is 288 g/mol. The first-order chi connectivity index (χ1) is 11.0. The molecule has 1 aliphatic heterocycles. The lowest BCUT2D eigenvalue weighted by molar-refractivity contribution is -0.145. The van der Waals surface area contributed by atoms with Gasteiger partial charge in [0.2, 0.25) is 11.8 Å². The lowest BCUT2D eigenvalue weighted by atomic mass is 9.83. The molecule has 0 unspecified atom stereocenters. The van der Waals surface area contributed by atoms with Crippen LogP contribution in [0, 0.1) is 5.92 Å². The summed E-state index contributed by atoms with van der Waals surface area (Å²) in [7, 11) is 0. The third-order valence-electron chi connectivity index (χ3n) is 5.36. The van der Waals surface area contributed by atoms with E-state index in [1.54, 1.807) is 0 Å². The maximum absolute atomic E-state index is 12.9. The Morgan fingerprint density at radius 2 is 1.52 bits per heavy atom. The molecule has 0 bridgehead atoms. The van der Waals surface area contributed by atoms with E-state index in [1.807, 2.05) is 54.0 Å². The number of nitrogens with zero attached hydrogens (tertiary/aromatic N) is 2. The topological polar surface area (TPSA) is 40.6 Å². The molecule has 1 heterocycles. The van der Waals surface area contributed by atoms with E-state index in [-0.39, 0.29) is 11.8 Å². The Kier molecular flexibility index (Phi) is 4.42. The molecule has 1 aromatic rings. The molecule has 4 nitrogen and oxygen atoms in total. The van der Waals surface area contributed by atoms with Gasteiger partial charge in [-0.2, -0.15) is 0 Å². The number of benzene rings is 1. The molecule has 1 saturated heterocycles. The highest BCUT2D eigenvalue weighted by molar-refractivity contribution is 5.88. The zero-order valence-electron chi connectivity index (χ0n) is 14.1. The van der Waals surface area contributed by atoms with Gasteiger partial charge in [0.05, 0.1) is 5.41 Å². The lowest BCUT2D eigenvalue weighted by Crippen LogP contribution is -2.55. The van der Waals surface area contributed by atoms with Crippen molar-refractivity contribution in [1.82, 2.24) is 9.80 Å². The minimum absolute atomic E-state index is 0.152. The second kappa shape index (κ2) is 6.34. The van der Waals surface area contributed by atoms with Crippen LogP contribution in [0.3, 0.4) is 0 Å². The van der Waals surface area contributed by atoms with Crippen LogP contribution in [0.15, 0.2) is 30.3 Å². The largest absolute Gasteiger partial charge is 0.339 e. The number of carbonyl (C=O) groups is 2. The van der Waals surface area contributed by atoms with Crippen molar-refractivity contribution in [3.8, 4) is 0 Å². The summed E-state index contributed by atoms with van der Waals surface area (Å²) in [5, 5.41) is 0. The molecule has 1 saturated carbocycles. The first-order valence-electron chi connectivity index (χ1n) is 8.64. The molecule has 1 aromatic carbocycles. The van der Waals surface area contributed by atoms with E-state index in [1.165, 1.54) is 6.42 Å². The van der Waals surface area contributed by atoms with Gasteiger partial charge in [-0.05, 0) is 32.3 Å². The number of hydrogen-bond acceptors (Lipinski definition) is 2. The minimum Gasteiger partial charge on any atom is -0.339 e. The molecule has 4 heteroatoms. The Balaban J connectivity index is 1.60. The van der Waals surface area contributed by atoms with Gasteiger partial charge in [0, 0.05) is 32.1 Å². The molecule has 2 amide bonds. The van der Waals surface area contributed by atoms with Gasteiger partial charge in [-0.3, -0.25) is 9.59 Å². The highest BCUT2D eigenvalue weighted by Crippen LogP contribution is 2.29. The van der Waals surface area contributed by atoms with E-state index in [2.05, 4.69) is 0 Å². The van der Waals surface area contributed by atoms with Crippen molar-refractivity contribution in [2.75, 3.05) is 26.2 Å². The number of carbonyl (C=O) groups excluding carboxylic acids is 2. The third kappa shape index (κ3) is 3.12. The number of amides is 2. The Morgan fingerprint density at radius 3 is 2.04 bits per heavy atom. The van der Waals surface area contributed by atoms with Gasteiger partial charge >= 0.3 is 0 Å². The van der Waals surface area contributed by atoms with Crippen molar-refractivity contribution >= 4 is 11.8 Å². The van der Waals surface area contributed by atoms with Crippen molar-refractivity contribution in [3.05, 3.63) is 35.9 Å². The second-order valence-corrected chi connectivity index (χ2v) is 7.24. The molecule has 23 heavy (non-hydrogen) atoms. The molecular formula is C19H26N2O2. The molecule has 124 valence electrons. The predicted molar refractivity (Wildman–Crippen MR) is 90.0 cm³/mol. The van der Waals surface area contributed by atoms with Crippen LogP contribution in [0.25, 0.3) is 0 Å². The zero-order chi connectivity index (χ0) is 16.4. The minimum atomic E-state index is -0.526. The Labute approximate surface area is 138 Å². The normalized spacial score (nSPS) is 19.4. The molecule has 2 aliphatic rings. The first-order valence-corrected chi connectivity index (χ1v) is 8.64. The molecule has 0 radical (unpaired) electrons. The van der Waals surface area contributed by atoms with Crippen molar-refractivity contribution in [2.45, 2.75) is 38.5 Å². The van der Waals surface area contributed by atoms with Crippen LogP contribution in [0.1, 0.15) is 38.7 Å². The smallest absolute Gasteiger partial charge is 0.232 e. The maximum Gasteiger partial charge on any atom is 0.232 e. The summed E-state index contributed by atoms with van der Waals surface area (Å²) >= 11 is 0. The number of hydrogen-bond donors (Lipinski definition) is 0. The molecule has 0 aromatic heterocycles. The monoisotopic (exact) mass is 314 g/mol. The molecule has 3 rings (SSSR count). The van der Waals surface area contributed by atoms with Crippen LogP contribution in [-0.2, 0) is 15.0 Å². The molecule has 0 atom stereocenters. The van der Waals surface area contributed by atoms with E-state index in [9.17, 15) is 9.59 Å². The summed E-state index contributed by atoms with van der Waals surface area (Å²) in [5.74, 6) is 0.697. The number of rotatable bonds is 3. The molecule has 0 spiro atoms. The second-order valence-electron chi connectivity index (χ2n) is 7.24. The summed E-state index contributed by atoms with van der Waals surface area (Å²) in [6, 6.07) is 9.93. The van der Waals surface area contributed by atoms with Gasteiger partial charge in [0.1, 0.15) is 0 Å². The fraction of sp³-hybridized carbons (Fsp3) is 0.579. The summed E-state index contributed by atoms with van der Waals surface area (Å²) < 4.78 is 0. The van der Waals surface area contributed by atoms with Gasteiger partial charge in [0.25, 0.3) is 0 Å². The SMILES string of the molecule is CC(C)(C(=O)N1CCN(C(=O)C2CCC2)CC1)c1ccccc1. The van der Waals surface area contributed by atoms with Crippen molar-refractivity contribution in [3.63, 3.8) is 0 Å². The van der Waals surface area contributed by atoms with Crippen LogP contribution in [0.4, 0.5) is 0 Å². The maximum atomic E-state index is 12.9. The molecule has 2 fully saturated rings. The predicted octanol–water partition coefficient (Wildman–Crippen LogP) is 2.44. The Hall–Kier alpha value is -1.84. The third-order valence-corrected chi connectivity index (χ3v) is 5.36. The highest BCUT2D eigenvalue weighted by Gasteiger charge is 2.37. The average Bonchev–Trinajstić information content (AvgIpc) is 2.53. The van der Waals surface area contributed by atoms with E-state index < -0.39 is 5.41 Å². The standard InChI is InChI=1S/C19H26N2O2/c1-19(2,16-9-4-3-5-10-16)18(23)21-13-11-20(12-14-21)17(22)15-7-6-8-15/h3-5,9-10,15H,6-8,11-14H2,1-2H3. The van der Waals surface area contributed by atoms with Crippen molar-refractivity contribution in [1.29, 1.82) is 0 Å². The van der Waals surface area contributed by atoms with Gasteiger partial charge in [-0.15, -0.1) is 0 Å². The van der Waals surface area contributed by atoms with Crippen molar-refractivity contribution in [2.24, 2.45) is 5.92 Å². The van der Waals surface area contributed by atoms with Gasteiger partial charge < -0.3 is 9.80 Å². The van der Waals surface area contributed by atoms with Crippen LogP contribution >= 0.6 is 0 Å². The van der Waals surface area contributed by atoms with Crippen LogP contribution in [0.2, 0.25) is 0 Å². The molecule has 1 aliphatic carbocycles. The van der Waals surface area contributed by atoms with Gasteiger partial charge in [0.15, 0.2) is 0 Å². The van der Waals surface area contributed by atoms with Crippen LogP contribution < -0.4 is 0 Å². The van der Waals surface area contributed by atoms with Gasteiger partial charge in [-0.25, -0.2) is 0 Å². The Morgan fingerprint density at radius 1 is 0.957 bits per heavy atom. The van der Waals surface area contributed by atoms with E-state index in [4.69, 9.17) is 0 Å². The zero-order valence-corrected chi connectivity index (χ0v) is 14.1. The average molecular weight is 314 g/mol. The fourth-order valence-corrected chi connectivity index (χ4v) is 3.42. The number of piperazine rings is 1. The Bertz CT molecular complexity index is 570. The van der Waals surface area contributed by atoms with Crippen LogP contribution in [-0.4, -0.2) is 47.8 Å². The summed E-state index contributed by atoms with van der Waals surface area (Å²) in [5.41, 5.74) is 0.513. The highest BCUT2D eigenvalue weighted by atomic mass is 16.2.